The number of aromatic nitrogens is 2. The zero-order chi connectivity index (χ0) is 15.5. The lowest BCUT2D eigenvalue weighted by atomic mass is 10.3. The number of ether oxygens (including phenoxy) is 1. The Balaban J connectivity index is 1.73. The molecule has 2 amide bonds. The summed E-state index contributed by atoms with van der Waals surface area (Å²) in [4.78, 5) is 16.5. The summed E-state index contributed by atoms with van der Waals surface area (Å²) in [6.07, 6.45) is 0. The Bertz CT molecular complexity index is 809. The zero-order valence-corrected chi connectivity index (χ0v) is 12.3. The van der Waals surface area contributed by atoms with Gasteiger partial charge in [0.2, 0.25) is 5.95 Å². The van der Waals surface area contributed by atoms with Crippen LogP contribution < -0.4 is 15.4 Å². The monoisotopic (exact) mass is 296 g/mol. The third kappa shape index (κ3) is 2.71. The highest BCUT2D eigenvalue weighted by Gasteiger charge is 2.10. The second-order valence-corrected chi connectivity index (χ2v) is 4.79. The highest BCUT2D eigenvalue weighted by Crippen LogP contribution is 2.18. The van der Waals surface area contributed by atoms with Crippen LogP contribution in [0.2, 0.25) is 0 Å². The number of methoxy groups -OCH3 is 1. The van der Waals surface area contributed by atoms with Crippen LogP contribution in [0.5, 0.6) is 5.75 Å². The maximum absolute atomic E-state index is 12.1. The Kier molecular flexibility index (Phi) is 3.65. The molecule has 0 bridgehead atoms. The molecule has 0 aliphatic heterocycles. The number of fused-ring (bicyclic) bond motifs is 1. The molecule has 3 aromatic rings. The number of nitrogens with zero attached hydrogens (tertiary/aromatic N) is 2. The van der Waals surface area contributed by atoms with Gasteiger partial charge in [-0.2, -0.15) is 0 Å². The summed E-state index contributed by atoms with van der Waals surface area (Å²) < 4.78 is 6.91. The molecule has 6 nitrogen and oxygen atoms in total. The molecule has 2 N–H and O–H groups in total. The van der Waals surface area contributed by atoms with Gasteiger partial charge < -0.3 is 14.6 Å². The van der Waals surface area contributed by atoms with Crippen molar-refractivity contribution in [1.82, 2.24) is 9.55 Å². The maximum atomic E-state index is 12.1. The number of anilines is 2. The number of para-hydroxylation sites is 2. The number of hydrogen-bond acceptors (Lipinski definition) is 3. The second kappa shape index (κ2) is 5.77. The Morgan fingerprint density at radius 3 is 2.50 bits per heavy atom. The fourth-order valence-electron chi connectivity index (χ4n) is 2.20. The molecule has 0 saturated carbocycles. The highest BCUT2D eigenvalue weighted by molar-refractivity contribution is 5.99. The number of carbonyl (C=O) groups is 1. The van der Waals surface area contributed by atoms with E-state index in [-0.39, 0.29) is 6.03 Å². The molecular weight excluding hydrogens is 280 g/mol. The number of rotatable bonds is 3. The minimum atomic E-state index is -0.344. The number of nitrogens with one attached hydrogen (secondary N) is 2. The Hall–Kier alpha value is -3.02. The minimum Gasteiger partial charge on any atom is -0.497 e. The summed E-state index contributed by atoms with van der Waals surface area (Å²) in [6, 6.07) is 14.5. The molecular formula is C16H16N4O2. The Morgan fingerprint density at radius 2 is 1.82 bits per heavy atom. The molecule has 0 atom stereocenters. The van der Waals surface area contributed by atoms with Gasteiger partial charge in [0.25, 0.3) is 0 Å². The van der Waals surface area contributed by atoms with Crippen LogP contribution >= 0.6 is 0 Å². The van der Waals surface area contributed by atoms with Gasteiger partial charge in [-0.15, -0.1) is 0 Å². The molecule has 22 heavy (non-hydrogen) atoms. The van der Waals surface area contributed by atoms with Crippen LogP contribution in [0, 0.1) is 0 Å². The first kappa shape index (κ1) is 13.9. The van der Waals surface area contributed by atoms with Crippen molar-refractivity contribution >= 4 is 28.7 Å². The number of urea groups is 1. The molecule has 0 spiro atoms. The summed E-state index contributed by atoms with van der Waals surface area (Å²) in [6.45, 7) is 0. The molecule has 0 radical (unpaired) electrons. The number of benzene rings is 2. The first-order chi connectivity index (χ1) is 10.7. The van der Waals surface area contributed by atoms with Gasteiger partial charge in [0.1, 0.15) is 5.75 Å². The molecule has 1 aromatic heterocycles. The summed E-state index contributed by atoms with van der Waals surface area (Å²) >= 11 is 0. The molecule has 6 heteroatoms. The van der Waals surface area contributed by atoms with E-state index in [1.807, 2.05) is 35.9 Å². The highest BCUT2D eigenvalue weighted by atomic mass is 16.5. The van der Waals surface area contributed by atoms with Crippen molar-refractivity contribution in [3.63, 3.8) is 0 Å². The van der Waals surface area contributed by atoms with Gasteiger partial charge in [0.15, 0.2) is 0 Å². The van der Waals surface area contributed by atoms with Gasteiger partial charge in [0.05, 0.1) is 18.1 Å². The van der Waals surface area contributed by atoms with Crippen molar-refractivity contribution in [2.45, 2.75) is 0 Å². The van der Waals surface area contributed by atoms with E-state index in [1.165, 1.54) is 0 Å². The standard InChI is InChI=1S/C16H16N4O2/c1-20-14-6-4-3-5-13(14)18-15(20)19-16(21)17-11-7-9-12(22-2)10-8-11/h3-10H,1-2H3,(H2,17,18,19,21). The first-order valence-corrected chi connectivity index (χ1v) is 6.81. The number of carbonyl (C=O) groups excluding carboxylic acids is 1. The van der Waals surface area contributed by atoms with Crippen molar-refractivity contribution in [2.75, 3.05) is 17.7 Å². The number of hydrogen-bond donors (Lipinski definition) is 2. The van der Waals surface area contributed by atoms with Crippen LogP contribution in [0.1, 0.15) is 0 Å². The van der Waals surface area contributed by atoms with Gasteiger partial charge in [-0.05, 0) is 36.4 Å². The average molecular weight is 296 g/mol. The van der Waals surface area contributed by atoms with E-state index in [1.54, 1.807) is 31.4 Å². The van der Waals surface area contributed by atoms with Crippen molar-refractivity contribution < 1.29 is 9.53 Å². The van der Waals surface area contributed by atoms with E-state index in [9.17, 15) is 4.79 Å². The van der Waals surface area contributed by atoms with Gasteiger partial charge in [-0.3, -0.25) is 5.32 Å². The molecule has 2 aromatic carbocycles. The molecule has 0 saturated heterocycles. The molecule has 0 aliphatic carbocycles. The van der Waals surface area contributed by atoms with Crippen LogP contribution in [-0.2, 0) is 7.05 Å². The van der Waals surface area contributed by atoms with Crippen LogP contribution in [-0.4, -0.2) is 22.7 Å². The van der Waals surface area contributed by atoms with Gasteiger partial charge in [-0.25, -0.2) is 9.78 Å². The van der Waals surface area contributed by atoms with E-state index in [2.05, 4.69) is 15.6 Å². The molecule has 0 unspecified atom stereocenters. The SMILES string of the molecule is COc1ccc(NC(=O)Nc2nc3ccccc3n2C)cc1. The van der Waals surface area contributed by atoms with E-state index < -0.39 is 0 Å². The van der Waals surface area contributed by atoms with Crippen LogP contribution in [0.4, 0.5) is 16.4 Å². The van der Waals surface area contributed by atoms with Crippen molar-refractivity contribution in [3.05, 3.63) is 48.5 Å². The third-order valence-electron chi connectivity index (χ3n) is 3.36. The smallest absolute Gasteiger partial charge is 0.326 e. The normalized spacial score (nSPS) is 10.5. The van der Waals surface area contributed by atoms with E-state index in [0.29, 0.717) is 11.6 Å². The second-order valence-electron chi connectivity index (χ2n) is 4.79. The van der Waals surface area contributed by atoms with Crippen molar-refractivity contribution in [2.24, 2.45) is 7.05 Å². The average Bonchev–Trinajstić information content (AvgIpc) is 2.84. The third-order valence-corrected chi connectivity index (χ3v) is 3.36. The summed E-state index contributed by atoms with van der Waals surface area (Å²) in [7, 11) is 3.46. The van der Waals surface area contributed by atoms with Gasteiger partial charge in [0, 0.05) is 12.7 Å². The largest absolute Gasteiger partial charge is 0.497 e. The van der Waals surface area contributed by atoms with E-state index in [0.717, 1.165) is 16.8 Å². The predicted octanol–water partition coefficient (Wildman–Crippen LogP) is 3.23. The summed E-state index contributed by atoms with van der Waals surface area (Å²) in [5, 5.41) is 5.50. The summed E-state index contributed by atoms with van der Waals surface area (Å²) in [5.74, 6) is 1.23. The maximum Gasteiger partial charge on any atom is 0.326 e. The summed E-state index contributed by atoms with van der Waals surface area (Å²) in [5.41, 5.74) is 2.48. The molecule has 1 heterocycles. The molecule has 0 aliphatic rings. The lowest BCUT2D eigenvalue weighted by Gasteiger charge is -2.08. The van der Waals surface area contributed by atoms with Gasteiger partial charge >= 0.3 is 6.03 Å². The number of imidazole rings is 1. The van der Waals surface area contributed by atoms with E-state index >= 15 is 0 Å². The van der Waals surface area contributed by atoms with Crippen molar-refractivity contribution in [1.29, 1.82) is 0 Å². The molecule has 3 rings (SSSR count). The fraction of sp³-hybridized carbons (Fsp3) is 0.125. The first-order valence-electron chi connectivity index (χ1n) is 6.81. The van der Waals surface area contributed by atoms with Crippen LogP contribution in [0.25, 0.3) is 11.0 Å². The van der Waals surface area contributed by atoms with Crippen LogP contribution in [0.3, 0.4) is 0 Å². The lowest BCUT2D eigenvalue weighted by Crippen LogP contribution is -2.21. The van der Waals surface area contributed by atoms with Crippen molar-refractivity contribution in [3.8, 4) is 5.75 Å². The quantitative estimate of drug-likeness (QED) is 0.779. The lowest BCUT2D eigenvalue weighted by molar-refractivity contribution is 0.262. The molecule has 112 valence electrons. The topological polar surface area (TPSA) is 68.2 Å². The fourth-order valence-corrected chi connectivity index (χ4v) is 2.20. The van der Waals surface area contributed by atoms with E-state index in [4.69, 9.17) is 4.74 Å². The van der Waals surface area contributed by atoms with Crippen LogP contribution in [0.15, 0.2) is 48.5 Å². The zero-order valence-electron chi connectivity index (χ0n) is 12.3. The molecule has 0 fully saturated rings. The number of amides is 2. The predicted molar refractivity (Wildman–Crippen MR) is 86.3 cm³/mol. The number of aryl methyl sites for hydroxylation is 1. The van der Waals surface area contributed by atoms with Gasteiger partial charge in [-0.1, -0.05) is 12.1 Å². The Labute approximate surface area is 127 Å². The Morgan fingerprint density at radius 1 is 1.09 bits per heavy atom. The minimum absolute atomic E-state index is 0.344.